The van der Waals surface area contributed by atoms with Gasteiger partial charge in [-0.05, 0) is 0 Å². The van der Waals surface area contributed by atoms with E-state index >= 15 is 0 Å². The predicted molar refractivity (Wildman–Crippen MR) is 39.1 cm³/mol. The molecule has 0 aromatic carbocycles. The maximum absolute atomic E-state index is 11.0. The van der Waals surface area contributed by atoms with Gasteiger partial charge in [-0.25, -0.2) is 0 Å². The molecule has 5 heteroatoms. The van der Waals surface area contributed by atoms with Crippen molar-refractivity contribution in [3.8, 4) is 0 Å². The molecule has 0 unspecified atom stereocenters. The van der Waals surface area contributed by atoms with E-state index in [-0.39, 0.29) is 18.1 Å². The summed E-state index contributed by atoms with van der Waals surface area (Å²) in [5.41, 5.74) is 0. The van der Waals surface area contributed by atoms with Crippen molar-refractivity contribution < 1.29 is 19.4 Å². The van der Waals surface area contributed by atoms with Crippen LogP contribution in [0.1, 0.15) is 6.42 Å². The first-order valence-electron chi connectivity index (χ1n) is 3.35. The number of carbonyl (C=O) groups excluding carboxylic acids is 2. The van der Waals surface area contributed by atoms with Gasteiger partial charge in [0.05, 0.1) is 13.5 Å². The monoisotopic (exact) mass is 171 g/mol. The molecule has 0 radical (unpaired) electrons. The van der Waals surface area contributed by atoms with Crippen LogP contribution in [0.25, 0.3) is 0 Å². The molecule has 1 rings (SSSR count). The Balaban J connectivity index is 3.03. The maximum Gasteiger partial charge on any atom is 0.298 e. The SMILES string of the molecule is COC1=C(O)C(=O)N(C)C(=O)C1. The van der Waals surface area contributed by atoms with Crippen LogP contribution in [-0.2, 0) is 14.3 Å². The molecule has 0 spiro atoms. The molecular weight excluding hydrogens is 162 g/mol. The molecule has 0 aliphatic carbocycles. The van der Waals surface area contributed by atoms with E-state index in [4.69, 9.17) is 5.11 Å². The third kappa shape index (κ3) is 1.13. The molecule has 5 nitrogen and oxygen atoms in total. The number of hydrogen-bond acceptors (Lipinski definition) is 4. The van der Waals surface area contributed by atoms with Gasteiger partial charge >= 0.3 is 0 Å². The molecule has 0 aromatic heterocycles. The van der Waals surface area contributed by atoms with Crippen molar-refractivity contribution in [2.24, 2.45) is 0 Å². The third-order valence-electron chi connectivity index (χ3n) is 1.70. The van der Waals surface area contributed by atoms with Crippen molar-refractivity contribution in [2.45, 2.75) is 6.42 Å². The lowest BCUT2D eigenvalue weighted by Gasteiger charge is -2.21. The van der Waals surface area contributed by atoms with Crippen molar-refractivity contribution in [3.05, 3.63) is 11.5 Å². The van der Waals surface area contributed by atoms with Crippen LogP contribution in [0.2, 0.25) is 0 Å². The highest BCUT2D eigenvalue weighted by atomic mass is 16.5. The lowest BCUT2D eigenvalue weighted by Crippen LogP contribution is -2.38. The summed E-state index contributed by atoms with van der Waals surface area (Å²) >= 11 is 0. The summed E-state index contributed by atoms with van der Waals surface area (Å²) < 4.78 is 4.65. The average Bonchev–Trinajstić information content (AvgIpc) is 2.08. The molecule has 0 fully saturated rings. The molecular formula is C7H9NO4. The molecule has 0 atom stereocenters. The van der Waals surface area contributed by atoms with Gasteiger partial charge in [-0.2, -0.15) is 0 Å². The Kier molecular flexibility index (Phi) is 2.03. The lowest BCUT2D eigenvalue weighted by atomic mass is 10.2. The van der Waals surface area contributed by atoms with Crippen molar-refractivity contribution in [1.82, 2.24) is 4.90 Å². The van der Waals surface area contributed by atoms with Crippen LogP contribution < -0.4 is 0 Å². The van der Waals surface area contributed by atoms with E-state index in [1.165, 1.54) is 14.2 Å². The summed E-state index contributed by atoms with van der Waals surface area (Å²) in [5.74, 6) is -1.56. The Morgan fingerprint density at radius 3 is 2.58 bits per heavy atom. The largest absolute Gasteiger partial charge is 0.501 e. The van der Waals surface area contributed by atoms with Gasteiger partial charge in [0, 0.05) is 7.05 Å². The standard InChI is InChI=1S/C7H9NO4/c1-8-5(9)3-4(12-2)6(10)7(8)11/h10H,3H2,1-2H3. The van der Waals surface area contributed by atoms with Crippen LogP contribution in [0, 0.1) is 0 Å². The second kappa shape index (κ2) is 2.84. The number of imide groups is 1. The summed E-state index contributed by atoms with van der Waals surface area (Å²) in [4.78, 5) is 22.9. The van der Waals surface area contributed by atoms with Gasteiger partial charge in [-0.1, -0.05) is 0 Å². The summed E-state index contributed by atoms with van der Waals surface area (Å²) in [6.07, 6.45) is -0.0649. The third-order valence-corrected chi connectivity index (χ3v) is 1.70. The van der Waals surface area contributed by atoms with Crippen LogP contribution in [0.4, 0.5) is 0 Å². The normalized spacial score (nSPS) is 18.7. The van der Waals surface area contributed by atoms with Gasteiger partial charge in [-0.3, -0.25) is 14.5 Å². The zero-order chi connectivity index (χ0) is 9.30. The first-order chi connectivity index (χ1) is 5.57. The van der Waals surface area contributed by atoms with Crippen molar-refractivity contribution in [2.75, 3.05) is 14.2 Å². The molecule has 0 aromatic rings. The second-order valence-electron chi connectivity index (χ2n) is 2.41. The van der Waals surface area contributed by atoms with Gasteiger partial charge in [0.2, 0.25) is 11.7 Å². The van der Waals surface area contributed by atoms with E-state index in [1.807, 2.05) is 0 Å². The number of aliphatic hydroxyl groups is 1. The molecule has 66 valence electrons. The minimum absolute atomic E-state index is 0.0306. The first-order valence-corrected chi connectivity index (χ1v) is 3.35. The topological polar surface area (TPSA) is 66.8 Å². The molecule has 0 saturated carbocycles. The van der Waals surface area contributed by atoms with E-state index in [1.54, 1.807) is 0 Å². The first kappa shape index (κ1) is 8.58. The molecule has 0 saturated heterocycles. The fourth-order valence-corrected chi connectivity index (χ4v) is 0.900. The zero-order valence-electron chi connectivity index (χ0n) is 6.83. The van der Waals surface area contributed by atoms with Crippen LogP contribution in [0.3, 0.4) is 0 Å². The number of methoxy groups -OCH3 is 1. The van der Waals surface area contributed by atoms with E-state index in [0.29, 0.717) is 0 Å². The molecule has 1 aliphatic rings. The van der Waals surface area contributed by atoms with Crippen molar-refractivity contribution in [1.29, 1.82) is 0 Å². The van der Waals surface area contributed by atoms with E-state index in [9.17, 15) is 9.59 Å². The highest BCUT2D eigenvalue weighted by molar-refractivity contribution is 6.06. The van der Waals surface area contributed by atoms with Gasteiger partial charge in [-0.15, -0.1) is 0 Å². The molecule has 12 heavy (non-hydrogen) atoms. The molecule has 1 heterocycles. The Bertz CT molecular complexity index is 269. The van der Waals surface area contributed by atoms with Gasteiger partial charge < -0.3 is 9.84 Å². The summed E-state index contributed by atoms with van der Waals surface area (Å²) in [5, 5.41) is 9.14. The number of carbonyl (C=O) groups is 2. The number of nitrogens with zero attached hydrogens (tertiary/aromatic N) is 1. The summed E-state index contributed by atoms with van der Waals surface area (Å²) in [6.45, 7) is 0. The highest BCUT2D eigenvalue weighted by Crippen LogP contribution is 2.17. The van der Waals surface area contributed by atoms with Crippen molar-refractivity contribution >= 4 is 11.8 Å². The Morgan fingerprint density at radius 1 is 1.50 bits per heavy atom. The van der Waals surface area contributed by atoms with E-state index in [2.05, 4.69) is 4.74 Å². The molecule has 1 aliphatic heterocycles. The highest BCUT2D eigenvalue weighted by Gasteiger charge is 2.31. The Labute approximate surface area is 69.2 Å². The fourth-order valence-electron chi connectivity index (χ4n) is 0.900. The van der Waals surface area contributed by atoms with Gasteiger partial charge in [0.1, 0.15) is 0 Å². The molecule has 2 amide bonds. The Morgan fingerprint density at radius 2 is 2.08 bits per heavy atom. The summed E-state index contributed by atoms with van der Waals surface area (Å²) in [7, 11) is 2.62. The van der Waals surface area contributed by atoms with Gasteiger partial charge in [0.25, 0.3) is 5.91 Å². The predicted octanol–water partition coefficient (Wildman–Crippen LogP) is -0.209. The van der Waals surface area contributed by atoms with Crippen molar-refractivity contribution in [3.63, 3.8) is 0 Å². The quantitative estimate of drug-likeness (QED) is 0.554. The van der Waals surface area contributed by atoms with Gasteiger partial charge in [0.15, 0.2) is 5.76 Å². The summed E-state index contributed by atoms with van der Waals surface area (Å²) in [6, 6.07) is 0. The minimum Gasteiger partial charge on any atom is -0.501 e. The molecule has 1 N–H and O–H groups in total. The molecule has 0 bridgehead atoms. The Hall–Kier alpha value is -1.52. The zero-order valence-corrected chi connectivity index (χ0v) is 6.83. The number of aliphatic hydroxyl groups excluding tert-OH is 1. The van der Waals surface area contributed by atoms with E-state index < -0.39 is 11.7 Å². The minimum atomic E-state index is -0.719. The maximum atomic E-state index is 11.0. The number of ether oxygens (including phenoxy) is 1. The average molecular weight is 171 g/mol. The number of hydrogen-bond donors (Lipinski definition) is 1. The smallest absolute Gasteiger partial charge is 0.298 e. The number of likely N-dealkylation sites (N-methyl/N-ethyl adjacent to an activating group) is 1. The van der Waals surface area contributed by atoms with Crippen LogP contribution >= 0.6 is 0 Å². The lowest BCUT2D eigenvalue weighted by molar-refractivity contribution is -0.144. The van der Waals surface area contributed by atoms with Crippen LogP contribution in [-0.4, -0.2) is 36.0 Å². The van der Waals surface area contributed by atoms with Crippen LogP contribution in [0.15, 0.2) is 11.5 Å². The van der Waals surface area contributed by atoms with E-state index in [0.717, 1.165) is 4.90 Å². The number of rotatable bonds is 1. The number of amides is 2. The fraction of sp³-hybridized carbons (Fsp3) is 0.429. The van der Waals surface area contributed by atoms with Crippen LogP contribution in [0.5, 0.6) is 0 Å². The second-order valence-corrected chi connectivity index (χ2v) is 2.41.